The van der Waals surface area contributed by atoms with Crippen LogP contribution >= 0.6 is 77.7 Å². The number of aromatic nitrogens is 4. The van der Waals surface area contributed by atoms with Gasteiger partial charge >= 0.3 is 0 Å². The molecule has 4 nitrogen and oxygen atoms in total. The Kier molecular flexibility index (Phi) is 5.52. The van der Waals surface area contributed by atoms with E-state index in [4.69, 9.17) is 23.2 Å². The number of fused-ring (bicyclic) bond motifs is 2. The molecule has 9 heteroatoms. The van der Waals surface area contributed by atoms with Gasteiger partial charge in [-0.1, -0.05) is 23.2 Å². The first-order chi connectivity index (χ1) is 11.0. The van der Waals surface area contributed by atoms with Gasteiger partial charge in [0.15, 0.2) is 0 Å². The van der Waals surface area contributed by atoms with E-state index < -0.39 is 0 Å². The number of hydrogen-bond acceptors (Lipinski definition) is 2. The maximum absolute atomic E-state index is 6.06. The number of H-pyrrole nitrogens is 2. The lowest BCUT2D eigenvalue weighted by Crippen LogP contribution is -1.78. The number of nitrogens with one attached hydrogen (secondary N) is 2. The van der Waals surface area contributed by atoms with Crippen LogP contribution in [0.25, 0.3) is 22.1 Å². The summed E-state index contributed by atoms with van der Waals surface area (Å²) in [5, 5.41) is 3.34. The normalized spacial score (nSPS) is 10.8. The van der Waals surface area contributed by atoms with E-state index in [0.717, 1.165) is 34.6 Å². The zero-order chi connectivity index (χ0) is 16.6. The Labute approximate surface area is 171 Å². The summed E-state index contributed by atoms with van der Waals surface area (Å²) in [5.74, 6) is 0. The summed E-state index contributed by atoms with van der Waals surface area (Å²) in [4.78, 5) is 14.3. The van der Waals surface area contributed by atoms with Crippen molar-refractivity contribution in [3.63, 3.8) is 0 Å². The van der Waals surface area contributed by atoms with Crippen molar-refractivity contribution < 1.29 is 0 Å². The molecule has 4 aromatic rings. The fraction of sp³-hybridized carbons (Fsp3) is 0. The third-order valence-electron chi connectivity index (χ3n) is 3.03. The molecule has 4 aromatic heterocycles. The Bertz CT molecular complexity index is 999. The molecule has 23 heavy (non-hydrogen) atoms. The highest BCUT2D eigenvalue weighted by Crippen LogP contribution is 2.32. The largest absolute Gasteiger partial charge is 0.346 e. The molecule has 0 saturated heterocycles. The smallest absolute Gasteiger partial charge is 0.139 e. The molecule has 0 atom stereocenters. The van der Waals surface area contributed by atoms with Crippen molar-refractivity contribution in [2.24, 2.45) is 0 Å². The molecular formula is C14H7Br2Cl2IN4. The van der Waals surface area contributed by atoms with E-state index >= 15 is 0 Å². The maximum atomic E-state index is 6.06. The van der Waals surface area contributed by atoms with E-state index in [-0.39, 0.29) is 0 Å². The van der Waals surface area contributed by atoms with Crippen LogP contribution in [-0.4, -0.2) is 19.9 Å². The van der Waals surface area contributed by atoms with E-state index in [1.807, 2.05) is 18.5 Å². The molecule has 0 bridgehead atoms. The Hall–Kier alpha value is -0.350. The van der Waals surface area contributed by atoms with Gasteiger partial charge in [-0.2, -0.15) is 0 Å². The van der Waals surface area contributed by atoms with Gasteiger partial charge in [-0.3, -0.25) is 0 Å². The average Bonchev–Trinajstić information content (AvgIpc) is 3.15. The molecule has 0 unspecified atom stereocenters. The van der Waals surface area contributed by atoms with Gasteiger partial charge in [-0.25, -0.2) is 9.97 Å². The molecule has 0 aliphatic heterocycles. The van der Waals surface area contributed by atoms with E-state index in [1.54, 1.807) is 12.4 Å². The third-order valence-corrected chi connectivity index (χ3v) is 6.34. The molecule has 2 N–H and O–H groups in total. The van der Waals surface area contributed by atoms with E-state index in [0.29, 0.717) is 10.0 Å². The van der Waals surface area contributed by atoms with Crippen LogP contribution in [0.1, 0.15) is 0 Å². The molecule has 0 aromatic carbocycles. The SMILES string of the molecule is Clc1c(Br)cnc2[nH]cc(I)c12.Clc1c(Br)cnc2[nH]ccc12. The second-order valence-electron chi connectivity index (χ2n) is 4.44. The standard InChI is InChI=1S/C7H3BrClIN2.C7H4BrClN2/c8-3-1-11-7-5(6(3)9)4(10)2-12-7;8-5-3-11-7-4(6(5)9)1-2-10-7/h1-2H,(H,11,12);1-3H,(H,10,11). The summed E-state index contributed by atoms with van der Waals surface area (Å²) >= 11 is 20.9. The second kappa shape index (κ2) is 7.26. The van der Waals surface area contributed by atoms with Gasteiger partial charge in [0.25, 0.3) is 0 Å². The fourth-order valence-corrected chi connectivity index (χ4v) is 3.85. The number of hydrogen-bond donors (Lipinski definition) is 2. The molecular weight excluding hydrogens is 582 g/mol. The minimum absolute atomic E-state index is 0.705. The second-order valence-corrected chi connectivity index (χ2v) is 8.07. The predicted octanol–water partition coefficient (Wildman–Crippen LogP) is 6.56. The Balaban J connectivity index is 0.000000136. The Morgan fingerprint density at radius 1 is 0.957 bits per heavy atom. The van der Waals surface area contributed by atoms with Crippen molar-refractivity contribution in [1.82, 2.24) is 19.9 Å². The van der Waals surface area contributed by atoms with E-state index in [9.17, 15) is 0 Å². The number of pyridine rings is 2. The van der Waals surface area contributed by atoms with Crippen LogP contribution in [-0.2, 0) is 0 Å². The molecule has 118 valence electrons. The van der Waals surface area contributed by atoms with Gasteiger partial charge in [-0.15, -0.1) is 0 Å². The Morgan fingerprint density at radius 3 is 2.35 bits per heavy atom. The summed E-state index contributed by atoms with van der Waals surface area (Å²) in [5.41, 5.74) is 1.64. The lowest BCUT2D eigenvalue weighted by molar-refractivity contribution is 1.31. The Morgan fingerprint density at radius 2 is 1.61 bits per heavy atom. The molecule has 0 aliphatic carbocycles. The molecule has 0 saturated carbocycles. The van der Waals surface area contributed by atoms with E-state index in [1.165, 1.54) is 0 Å². The number of nitrogens with zero attached hydrogens (tertiary/aromatic N) is 2. The minimum Gasteiger partial charge on any atom is -0.346 e. The molecule has 0 radical (unpaired) electrons. The number of aromatic amines is 2. The minimum atomic E-state index is 0.705. The molecule has 4 heterocycles. The zero-order valence-corrected chi connectivity index (χ0v) is 18.0. The summed E-state index contributed by atoms with van der Waals surface area (Å²) < 4.78 is 2.74. The predicted molar refractivity (Wildman–Crippen MR) is 110 cm³/mol. The summed E-state index contributed by atoms with van der Waals surface area (Å²) in [7, 11) is 0. The lowest BCUT2D eigenvalue weighted by Gasteiger charge is -1.96. The summed E-state index contributed by atoms with van der Waals surface area (Å²) in [6, 6.07) is 1.90. The van der Waals surface area contributed by atoms with Crippen molar-refractivity contribution in [2.75, 3.05) is 0 Å². The summed E-state index contributed by atoms with van der Waals surface area (Å²) in [6.07, 6.45) is 7.07. The van der Waals surface area contributed by atoms with Gasteiger partial charge in [0.05, 0.1) is 24.4 Å². The first-order valence-corrected chi connectivity index (χ1v) is 9.64. The highest BCUT2D eigenvalue weighted by molar-refractivity contribution is 14.1. The van der Waals surface area contributed by atoms with Crippen LogP contribution in [0, 0.1) is 3.57 Å². The van der Waals surface area contributed by atoms with Crippen LogP contribution in [0.4, 0.5) is 0 Å². The first-order valence-electron chi connectivity index (χ1n) is 6.22. The first kappa shape index (κ1) is 17.5. The van der Waals surface area contributed by atoms with Gasteiger partial charge in [0.1, 0.15) is 11.3 Å². The van der Waals surface area contributed by atoms with Crippen molar-refractivity contribution in [3.05, 3.63) is 53.4 Å². The topological polar surface area (TPSA) is 57.4 Å². The zero-order valence-electron chi connectivity index (χ0n) is 11.2. The summed E-state index contributed by atoms with van der Waals surface area (Å²) in [6.45, 7) is 0. The quantitative estimate of drug-likeness (QED) is 0.229. The number of rotatable bonds is 0. The molecule has 0 aliphatic rings. The van der Waals surface area contributed by atoms with E-state index in [2.05, 4.69) is 74.4 Å². The van der Waals surface area contributed by atoms with Gasteiger partial charge in [0, 0.05) is 33.7 Å². The molecule has 0 amide bonds. The van der Waals surface area contributed by atoms with Gasteiger partial charge < -0.3 is 9.97 Å². The van der Waals surface area contributed by atoms with Crippen LogP contribution in [0.3, 0.4) is 0 Å². The van der Waals surface area contributed by atoms with Gasteiger partial charge in [-0.05, 0) is 60.5 Å². The molecule has 0 fully saturated rings. The van der Waals surface area contributed by atoms with Crippen molar-refractivity contribution >= 4 is 99.7 Å². The lowest BCUT2D eigenvalue weighted by atomic mass is 10.3. The molecule has 4 rings (SSSR count). The average molecular weight is 589 g/mol. The monoisotopic (exact) mass is 586 g/mol. The highest BCUT2D eigenvalue weighted by atomic mass is 127. The van der Waals surface area contributed by atoms with Crippen molar-refractivity contribution in [1.29, 1.82) is 0 Å². The number of halogens is 5. The maximum Gasteiger partial charge on any atom is 0.139 e. The highest BCUT2D eigenvalue weighted by Gasteiger charge is 2.08. The van der Waals surface area contributed by atoms with Crippen LogP contribution < -0.4 is 0 Å². The third kappa shape index (κ3) is 3.53. The fourth-order valence-electron chi connectivity index (χ4n) is 1.95. The van der Waals surface area contributed by atoms with Gasteiger partial charge in [0.2, 0.25) is 0 Å². The molecule has 0 spiro atoms. The van der Waals surface area contributed by atoms with Crippen LogP contribution in [0.5, 0.6) is 0 Å². The van der Waals surface area contributed by atoms with Crippen molar-refractivity contribution in [3.8, 4) is 0 Å². The van der Waals surface area contributed by atoms with Crippen molar-refractivity contribution in [2.45, 2.75) is 0 Å². The van der Waals surface area contributed by atoms with Crippen LogP contribution in [0.2, 0.25) is 10.0 Å². The van der Waals surface area contributed by atoms with Crippen LogP contribution in [0.15, 0.2) is 39.8 Å².